The maximum Gasteiger partial charge on any atom is 0.231 e. The van der Waals surface area contributed by atoms with Gasteiger partial charge in [-0.05, 0) is 11.7 Å². The van der Waals surface area contributed by atoms with E-state index in [1.54, 1.807) is 0 Å². The van der Waals surface area contributed by atoms with Crippen LogP contribution >= 0.6 is 0 Å². The molecule has 0 bridgehead atoms. The molecule has 59 valence electrons. The van der Waals surface area contributed by atoms with Crippen LogP contribution in [-0.4, -0.2) is 18.8 Å². The molecule has 1 rings (SSSR count). The van der Waals surface area contributed by atoms with Gasteiger partial charge < -0.3 is 4.12 Å². The van der Waals surface area contributed by atoms with Gasteiger partial charge >= 0.3 is 0 Å². The molecule has 0 saturated heterocycles. The lowest BCUT2D eigenvalue weighted by molar-refractivity contribution is 0.636. The third kappa shape index (κ3) is 2.61. The van der Waals surface area contributed by atoms with Crippen molar-refractivity contribution < 1.29 is 4.12 Å². The molecule has 0 spiro atoms. The first-order chi connectivity index (χ1) is 5.34. The van der Waals surface area contributed by atoms with Gasteiger partial charge in [-0.15, -0.1) is 0 Å². The van der Waals surface area contributed by atoms with E-state index in [0.717, 1.165) is 0 Å². The molecule has 0 unspecified atom stereocenters. The van der Waals surface area contributed by atoms with Crippen LogP contribution in [0.4, 0.5) is 0 Å². The second-order valence-electron chi connectivity index (χ2n) is 2.36. The van der Waals surface area contributed by atoms with Crippen LogP contribution in [0.1, 0.15) is 0 Å². The molecule has 0 fully saturated rings. The lowest BCUT2D eigenvalue weighted by Crippen LogP contribution is -2.30. The van der Waals surface area contributed by atoms with Gasteiger partial charge in [0.25, 0.3) is 0 Å². The van der Waals surface area contributed by atoms with Crippen molar-refractivity contribution >= 4 is 24.0 Å². The van der Waals surface area contributed by atoms with E-state index in [-0.39, 0.29) is 9.76 Å². The number of hydrogen-bond donors (Lipinski definition) is 0. The Hall–Kier alpha value is -0.386. The predicted molar refractivity (Wildman–Crippen MR) is 53.2 cm³/mol. The van der Waals surface area contributed by atoms with Crippen molar-refractivity contribution in [2.24, 2.45) is 0 Å². The van der Waals surface area contributed by atoms with Crippen LogP contribution in [0.5, 0.6) is 0 Å². The summed E-state index contributed by atoms with van der Waals surface area (Å²) in [4.78, 5) is 0. The van der Waals surface area contributed by atoms with Crippen molar-refractivity contribution in [3.05, 3.63) is 30.3 Å². The summed E-state index contributed by atoms with van der Waals surface area (Å²) >= 11 is 0. The predicted octanol–water partition coefficient (Wildman–Crippen LogP) is 0.663. The Kier molecular flexibility index (Phi) is 3.55. The van der Waals surface area contributed by atoms with Crippen molar-refractivity contribution in [1.29, 1.82) is 0 Å². The average Bonchev–Trinajstić information content (AvgIpc) is 2.07. The van der Waals surface area contributed by atoms with Crippen molar-refractivity contribution in [3.8, 4) is 0 Å². The van der Waals surface area contributed by atoms with E-state index in [9.17, 15) is 0 Å². The summed E-state index contributed by atoms with van der Waals surface area (Å²) in [6, 6.07) is 10.5. The molecule has 0 atom stereocenters. The quantitative estimate of drug-likeness (QED) is 0.623. The van der Waals surface area contributed by atoms with Gasteiger partial charge in [-0.1, -0.05) is 36.9 Å². The summed E-state index contributed by atoms with van der Waals surface area (Å²) in [5.74, 6) is 0. The van der Waals surface area contributed by atoms with Crippen LogP contribution in [0.2, 0.25) is 13.1 Å². The summed E-state index contributed by atoms with van der Waals surface area (Å²) in [7, 11) is -0.888. The molecular weight excluding hydrogens is 168 g/mol. The largest absolute Gasteiger partial charge is 0.458 e. The zero-order valence-corrected chi connectivity index (χ0v) is 9.42. The molecule has 1 radical (unpaired) electrons. The molecule has 0 aromatic heterocycles. The molecule has 0 saturated carbocycles. The molecule has 0 aliphatic carbocycles. The Morgan fingerprint density at radius 1 is 1.27 bits per heavy atom. The highest BCUT2D eigenvalue weighted by Gasteiger charge is 2.05. The molecule has 1 aromatic carbocycles. The fourth-order valence-corrected chi connectivity index (χ4v) is 4.03. The molecule has 3 heteroatoms. The smallest absolute Gasteiger partial charge is 0.231 e. The summed E-state index contributed by atoms with van der Waals surface area (Å²) in [6.45, 7) is 4.38. The van der Waals surface area contributed by atoms with Gasteiger partial charge in [-0.25, -0.2) is 0 Å². The normalized spacial score (nSPS) is 11.5. The minimum absolute atomic E-state index is 0.232. The van der Waals surface area contributed by atoms with Crippen LogP contribution in [0.25, 0.3) is 0 Å². The second-order valence-corrected chi connectivity index (χ2v) is 5.78. The van der Waals surface area contributed by atoms with Gasteiger partial charge in [0.05, 0.1) is 0 Å². The lowest BCUT2D eigenvalue weighted by Gasteiger charge is -2.08. The highest BCUT2D eigenvalue weighted by Crippen LogP contribution is 1.88. The van der Waals surface area contributed by atoms with Crippen LogP contribution in [-0.2, 0) is 4.12 Å². The molecular formula is C8H13OSi2. The highest BCUT2D eigenvalue weighted by molar-refractivity contribution is 6.70. The molecule has 0 aliphatic heterocycles. The van der Waals surface area contributed by atoms with Gasteiger partial charge in [-0.3, -0.25) is 0 Å². The van der Waals surface area contributed by atoms with Crippen LogP contribution in [0.3, 0.4) is 0 Å². The second kappa shape index (κ2) is 4.48. The van der Waals surface area contributed by atoms with E-state index in [1.807, 2.05) is 6.07 Å². The maximum atomic E-state index is 5.67. The highest BCUT2D eigenvalue weighted by atomic mass is 28.3. The first-order valence-corrected chi connectivity index (χ1v) is 7.76. The Balaban J connectivity index is 2.61. The van der Waals surface area contributed by atoms with Crippen LogP contribution < -0.4 is 5.19 Å². The van der Waals surface area contributed by atoms with Crippen molar-refractivity contribution in [2.75, 3.05) is 0 Å². The maximum absolute atomic E-state index is 5.67. The Morgan fingerprint density at radius 2 is 1.91 bits per heavy atom. The van der Waals surface area contributed by atoms with Gasteiger partial charge in [0.1, 0.15) is 9.76 Å². The molecule has 0 heterocycles. The van der Waals surface area contributed by atoms with E-state index in [0.29, 0.717) is 0 Å². The van der Waals surface area contributed by atoms with E-state index >= 15 is 0 Å². The lowest BCUT2D eigenvalue weighted by atomic mass is 10.4. The minimum Gasteiger partial charge on any atom is -0.458 e. The molecule has 11 heavy (non-hydrogen) atoms. The SMILES string of the molecule is C[SiH2]O[Si](C)c1ccccc1. The van der Waals surface area contributed by atoms with Crippen molar-refractivity contribution in [1.82, 2.24) is 0 Å². The zero-order valence-electron chi connectivity index (χ0n) is 7.00. The van der Waals surface area contributed by atoms with E-state index in [4.69, 9.17) is 4.12 Å². The summed E-state index contributed by atoms with van der Waals surface area (Å²) in [6.07, 6.45) is 0. The summed E-state index contributed by atoms with van der Waals surface area (Å²) in [5, 5.41) is 1.38. The Morgan fingerprint density at radius 3 is 2.45 bits per heavy atom. The van der Waals surface area contributed by atoms with E-state index in [2.05, 4.69) is 37.4 Å². The molecule has 0 amide bonds. The summed E-state index contributed by atoms with van der Waals surface area (Å²) in [5.41, 5.74) is 0. The van der Waals surface area contributed by atoms with E-state index < -0.39 is 9.04 Å². The fraction of sp³-hybridized carbons (Fsp3) is 0.250. The molecule has 1 nitrogen and oxygen atoms in total. The van der Waals surface area contributed by atoms with Gasteiger partial charge in [0, 0.05) is 0 Å². The molecule has 0 N–H and O–H groups in total. The third-order valence-electron chi connectivity index (χ3n) is 1.54. The molecule has 0 aliphatic rings. The van der Waals surface area contributed by atoms with Crippen molar-refractivity contribution in [2.45, 2.75) is 13.1 Å². The number of rotatable bonds is 3. The Labute approximate surface area is 72.1 Å². The van der Waals surface area contributed by atoms with Crippen molar-refractivity contribution in [3.63, 3.8) is 0 Å². The number of hydrogen-bond acceptors (Lipinski definition) is 1. The van der Waals surface area contributed by atoms with Crippen LogP contribution in [0, 0.1) is 0 Å². The Bertz CT molecular complexity index is 201. The van der Waals surface area contributed by atoms with Gasteiger partial charge in [-0.2, -0.15) is 0 Å². The zero-order chi connectivity index (χ0) is 8.10. The first kappa shape index (κ1) is 8.71. The molecule has 1 aromatic rings. The minimum atomic E-state index is -0.656. The van der Waals surface area contributed by atoms with Gasteiger partial charge in [0.2, 0.25) is 9.04 Å². The first-order valence-electron chi connectivity index (χ1n) is 3.86. The topological polar surface area (TPSA) is 9.23 Å². The fourth-order valence-electron chi connectivity index (χ4n) is 0.973. The third-order valence-corrected chi connectivity index (χ3v) is 5.57. The standard InChI is InChI=1S/C8H13OSi2/c1-10-9-11(2)8-6-4-3-5-7-8/h3-7H,10H2,1-2H3. The van der Waals surface area contributed by atoms with E-state index in [1.165, 1.54) is 5.19 Å². The van der Waals surface area contributed by atoms with Crippen LogP contribution in [0.15, 0.2) is 30.3 Å². The summed E-state index contributed by atoms with van der Waals surface area (Å²) < 4.78 is 5.67. The monoisotopic (exact) mass is 181 g/mol. The van der Waals surface area contributed by atoms with Gasteiger partial charge in [0.15, 0.2) is 0 Å². The number of benzene rings is 1. The average molecular weight is 181 g/mol.